The first-order chi connectivity index (χ1) is 16.5. The van der Waals surface area contributed by atoms with E-state index in [4.69, 9.17) is 9.47 Å². The first-order valence-electron chi connectivity index (χ1n) is 11.4. The van der Waals surface area contributed by atoms with E-state index in [1.54, 1.807) is 43.3 Å². The lowest BCUT2D eigenvalue weighted by Crippen LogP contribution is -2.37. The molecule has 0 saturated heterocycles. The van der Waals surface area contributed by atoms with Crippen LogP contribution in [0.4, 0.5) is 11.4 Å². The third-order valence-corrected chi connectivity index (χ3v) is 5.04. The summed E-state index contributed by atoms with van der Waals surface area (Å²) in [6, 6.07) is 21.6. The summed E-state index contributed by atoms with van der Waals surface area (Å²) in [4.78, 5) is 25.4. The van der Waals surface area contributed by atoms with E-state index in [2.05, 4.69) is 16.0 Å². The lowest BCUT2D eigenvalue weighted by atomic mass is 10.1. The fourth-order valence-corrected chi connectivity index (χ4v) is 3.34. The Morgan fingerprint density at radius 2 is 1.38 bits per heavy atom. The molecular weight excluding hydrogens is 430 g/mol. The van der Waals surface area contributed by atoms with Crippen LogP contribution in [0.15, 0.2) is 72.8 Å². The highest BCUT2D eigenvalue weighted by atomic mass is 16.5. The van der Waals surface area contributed by atoms with E-state index in [0.717, 1.165) is 5.56 Å². The standard InChI is InChI=1S/C27H31N3O4/c1-4-33-24-17-23(30-27(32)21-14-10-7-11-15-21)25(34-5-2)16-22(24)29-19(3)26(31)28-18-20-12-8-6-9-13-20/h6-17,19,29H,4-5,18H2,1-3H3,(H,28,31)(H,30,32). The summed E-state index contributed by atoms with van der Waals surface area (Å²) in [5.41, 5.74) is 2.65. The van der Waals surface area contributed by atoms with Crippen molar-refractivity contribution in [1.82, 2.24) is 5.32 Å². The van der Waals surface area contributed by atoms with Gasteiger partial charge in [0.05, 0.1) is 24.6 Å². The highest BCUT2D eigenvalue weighted by Gasteiger charge is 2.19. The van der Waals surface area contributed by atoms with Crippen LogP contribution in [0.1, 0.15) is 36.7 Å². The Labute approximate surface area is 200 Å². The van der Waals surface area contributed by atoms with Crippen molar-refractivity contribution in [1.29, 1.82) is 0 Å². The molecule has 34 heavy (non-hydrogen) atoms. The van der Waals surface area contributed by atoms with Gasteiger partial charge in [0.25, 0.3) is 5.91 Å². The second kappa shape index (κ2) is 12.3. The molecule has 0 radical (unpaired) electrons. The van der Waals surface area contributed by atoms with E-state index in [9.17, 15) is 9.59 Å². The molecule has 1 unspecified atom stereocenters. The first-order valence-corrected chi connectivity index (χ1v) is 11.4. The van der Waals surface area contributed by atoms with Gasteiger partial charge in [-0.3, -0.25) is 9.59 Å². The van der Waals surface area contributed by atoms with Crippen LogP contribution in [0, 0.1) is 0 Å². The summed E-state index contributed by atoms with van der Waals surface area (Å²) < 4.78 is 11.6. The first kappa shape index (κ1) is 24.6. The van der Waals surface area contributed by atoms with Crippen LogP contribution in [-0.2, 0) is 11.3 Å². The van der Waals surface area contributed by atoms with Crippen molar-refractivity contribution >= 4 is 23.2 Å². The molecule has 2 amide bonds. The SMILES string of the molecule is CCOc1cc(NC(C)C(=O)NCc2ccccc2)c(OCC)cc1NC(=O)c1ccccc1. The molecule has 0 aliphatic rings. The molecule has 3 N–H and O–H groups in total. The van der Waals surface area contributed by atoms with Crippen molar-refractivity contribution in [2.45, 2.75) is 33.4 Å². The van der Waals surface area contributed by atoms with Crippen LogP contribution >= 0.6 is 0 Å². The molecule has 0 saturated carbocycles. The van der Waals surface area contributed by atoms with Crippen molar-refractivity contribution in [3.8, 4) is 11.5 Å². The minimum Gasteiger partial charge on any atom is -0.492 e. The molecule has 0 bridgehead atoms. The van der Waals surface area contributed by atoms with Crippen molar-refractivity contribution < 1.29 is 19.1 Å². The number of hydrogen-bond donors (Lipinski definition) is 3. The minimum absolute atomic E-state index is 0.147. The molecule has 7 nitrogen and oxygen atoms in total. The molecule has 0 heterocycles. The summed E-state index contributed by atoms with van der Waals surface area (Å²) >= 11 is 0. The number of amides is 2. The molecule has 0 spiro atoms. The second-order valence-electron chi connectivity index (χ2n) is 7.60. The fraction of sp³-hybridized carbons (Fsp3) is 0.259. The zero-order chi connectivity index (χ0) is 24.3. The number of benzene rings is 3. The molecule has 0 aromatic heterocycles. The third kappa shape index (κ3) is 6.75. The Morgan fingerprint density at radius 3 is 2.00 bits per heavy atom. The second-order valence-corrected chi connectivity index (χ2v) is 7.60. The minimum atomic E-state index is -0.526. The summed E-state index contributed by atoms with van der Waals surface area (Å²) in [5.74, 6) is 0.593. The van der Waals surface area contributed by atoms with Gasteiger partial charge in [0.1, 0.15) is 17.5 Å². The highest BCUT2D eigenvalue weighted by Crippen LogP contribution is 2.37. The monoisotopic (exact) mass is 461 g/mol. The van der Waals surface area contributed by atoms with Gasteiger partial charge in [-0.2, -0.15) is 0 Å². The van der Waals surface area contributed by atoms with E-state index in [1.807, 2.05) is 50.2 Å². The summed E-state index contributed by atoms with van der Waals surface area (Å²) in [7, 11) is 0. The number of rotatable bonds is 11. The lowest BCUT2D eigenvalue weighted by molar-refractivity contribution is -0.121. The largest absolute Gasteiger partial charge is 0.492 e. The predicted octanol–water partition coefficient (Wildman–Crippen LogP) is 4.85. The van der Waals surface area contributed by atoms with Crippen LogP contribution in [0.2, 0.25) is 0 Å². The summed E-state index contributed by atoms with van der Waals surface area (Å²) in [6.07, 6.45) is 0. The number of carbonyl (C=O) groups excluding carboxylic acids is 2. The van der Waals surface area contributed by atoms with E-state index in [-0.39, 0.29) is 11.8 Å². The molecule has 3 aromatic rings. The van der Waals surface area contributed by atoms with Gasteiger partial charge in [0, 0.05) is 24.2 Å². The summed E-state index contributed by atoms with van der Waals surface area (Å²) in [5, 5.41) is 9.05. The molecular formula is C27H31N3O4. The molecule has 0 aliphatic heterocycles. The smallest absolute Gasteiger partial charge is 0.255 e. The van der Waals surface area contributed by atoms with Crippen LogP contribution in [0.3, 0.4) is 0 Å². The third-order valence-electron chi connectivity index (χ3n) is 5.04. The number of anilines is 2. The van der Waals surface area contributed by atoms with Crippen LogP contribution in [0.5, 0.6) is 11.5 Å². The molecule has 3 aromatic carbocycles. The van der Waals surface area contributed by atoms with Crippen molar-refractivity contribution in [3.63, 3.8) is 0 Å². The summed E-state index contributed by atoms with van der Waals surface area (Å²) in [6.45, 7) is 6.79. The van der Waals surface area contributed by atoms with E-state index < -0.39 is 6.04 Å². The van der Waals surface area contributed by atoms with Gasteiger partial charge in [-0.25, -0.2) is 0 Å². The maximum Gasteiger partial charge on any atom is 0.255 e. The van der Waals surface area contributed by atoms with Crippen LogP contribution in [-0.4, -0.2) is 31.1 Å². The van der Waals surface area contributed by atoms with Gasteiger partial charge < -0.3 is 25.4 Å². The Balaban J connectivity index is 1.78. The number of carbonyl (C=O) groups is 2. The van der Waals surface area contributed by atoms with Gasteiger partial charge >= 0.3 is 0 Å². The lowest BCUT2D eigenvalue weighted by Gasteiger charge is -2.21. The topological polar surface area (TPSA) is 88.7 Å². The number of nitrogens with one attached hydrogen (secondary N) is 3. The van der Waals surface area contributed by atoms with Crippen molar-refractivity contribution in [2.24, 2.45) is 0 Å². The van der Waals surface area contributed by atoms with Gasteiger partial charge in [-0.1, -0.05) is 48.5 Å². The maximum absolute atomic E-state index is 12.7. The quantitative estimate of drug-likeness (QED) is 0.380. The van der Waals surface area contributed by atoms with Gasteiger partial charge in [-0.15, -0.1) is 0 Å². The average Bonchev–Trinajstić information content (AvgIpc) is 2.86. The molecule has 0 aliphatic carbocycles. The van der Waals surface area contributed by atoms with Crippen molar-refractivity contribution in [3.05, 3.63) is 83.9 Å². The highest BCUT2D eigenvalue weighted by molar-refractivity contribution is 6.05. The number of ether oxygens (including phenoxy) is 2. The van der Waals surface area contributed by atoms with Crippen molar-refractivity contribution in [2.75, 3.05) is 23.8 Å². The van der Waals surface area contributed by atoms with Gasteiger partial charge in [0.2, 0.25) is 5.91 Å². The van der Waals surface area contributed by atoms with Crippen LogP contribution < -0.4 is 25.4 Å². The zero-order valence-corrected chi connectivity index (χ0v) is 19.8. The van der Waals surface area contributed by atoms with E-state index in [1.165, 1.54) is 0 Å². The van der Waals surface area contributed by atoms with Crippen LogP contribution in [0.25, 0.3) is 0 Å². The molecule has 178 valence electrons. The molecule has 1 atom stereocenters. The Kier molecular flexibility index (Phi) is 8.91. The fourth-order valence-electron chi connectivity index (χ4n) is 3.34. The normalized spacial score (nSPS) is 11.3. The Bertz CT molecular complexity index is 1090. The van der Waals surface area contributed by atoms with E-state index >= 15 is 0 Å². The molecule has 0 fully saturated rings. The van der Waals surface area contributed by atoms with Gasteiger partial charge in [0.15, 0.2) is 0 Å². The maximum atomic E-state index is 12.7. The van der Waals surface area contributed by atoms with E-state index in [0.29, 0.717) is 48.2 Å². The number of hydrogen-bond acceptors (Lipinski definition) is 5. The zero-order valence-electron chi connectivity index (χ0n) is 19.8. The molecule has 3 rings (SSSR count). The Hall–Kier alpha value is -4.00. The Morgan fingerprint density at radius 1 is 0.824 bits per heavy atom. The van der Waals surface area contributed by atoms with Gasteiger partial charge in [-0.05, 0) is 38.5 Å². The predicted molar refractivity (Wildman–Crippen MR) is 135 cm³/mol. The average molecular weight is 462 g/mol. The molecule has 7 heteroatoms.